The van der Waals surface area contributed by atoms with Gasteiger partial charge in [-0.2, -0.15) is 8.78 Å². The lowest BCUT2D eigenvalue weighted by Crippen LogP contribution is -2.44. The summed E-state index contributed by atoms with van der Waals surface area (Å²) in [7, 11) is 1.73. The van der Waals surface area contributed by atoms with E-state index in [0.29, 0.717) is 18.8 Å². The topological polar surface area (TPSA) is 61.8 Å². The summed E-state index contributed by atoms with van der Waals surface area (Å²) in [5, 5.41) is 7.79. The van der Waals surface area contributed by atoms with Crippen LogP contribution < -0.4 is 20.3 Å². The average molecular weight is 410 g/mol. The van der Waals surface area contributed by atoms with Crippen LogP contribution in [0, 0.1) is 13.8 Å². The van der Waals surface area contributed by atoms with Crippen molar-refractivity contribution in [3.05, 3.63) is 39.8 Å². The summed E-state index contributed by atoms with van der Waals surface area (Å²) in [5.74, 6) is 0.922. The molecule has 0 saturated carbocycles. The number of guanidine groups is 1. The maximum atomic E-state index is 12.7. The molecule has 28 heavy (non-hydrogen) atoms. The van der Waals surface area contributed by atoms with E-state index in [9.17, 15) is 8.78 Å². The van der Waals surface area contributed by atoms with Gasteiger partial charge in [0.25, 0.3) is 0 Å². The molecular formula is C19H25F2N5OS. The number of anilines is 1. The lowest BCUT2D eigenvalue weighted by Gasteiger charge is -2.22. The number of thiazole rings is 1. The predicted octanol–water partition coefficient (Wildman–Crippen LogP) is 3.31. The van der Waals surface area contributed by atoms with Crippen molar-refractivity contribution in [2.75, 3.05) is 25.0 Å². The van der Waals surface area contributed by atoms with E-state index in [-0.39, 0.29) is 11.8 Å². The monoisotopic (exact) mass is 409 g/mol. The second kappa shape index (κ2) is 9.18. The molecule has 152 valence electrons. The molecule has 1 atom stereocenters. The normalized spacial score (nSPS) is 17.3. The molecule has 1 unspecified atom stereocenters. The van der Waals surface area contributed by atoms with Crippen LogP contribution in [0.1, 0.15) is 22.0 Å². The van der Waals surface area contributed by atoms with Crippen molar-refractivity contribution in [2.45, 2.75) is 39.5 Å². The third-order valence-electron chi connectivity index (χ3n) is 4.59. The molecule has 0 spiro atoms. The minimum Gasteiger partial charge on any atom is -0.433 e. The van der Waals surface area contributed by atoms with Crippen LogP contribution in [-0.4, -0.2) is 43.7 Å². The number of aryl methyl sites for hydroxylation is 2. The number of ether oxygens (including phenoxy) is 1. The predicted molar refractivity (Wildman–Crippen MR) is 109 cm³/mol. The Labute approximate surface area is 167 Å². The maximum Gasteiger partial charge on any atom is 0.387 e. The molecule has 1 aliphatic heterocycles. The third kappa shape index (κ3) is 5.09. The Balaban J connectivity index is 1.57. The van der Waals surface area contributed by atoms with Gasteiger partial charge in [0, 0.05) is 31.1 Å². The molecule has 1 fully saturated rings. The second-order valence-electron chi connectivity index (χ2n) is 6.59. The minimum atomic E-state index is -2.83. The number of aromatic nitrogens is 1. The number of alkyl halides is 2. The molecule has 0 aliphatic carbocycles. The zero-order valence-electron chi connectivity index (χ0n) is 16.2. The van der Waals surface area contributed by atoms with E-state index < -0.39 is 6.61 Å². The van der Waals surface area contributed by atoms with Crippen LogP contribution in [-0.2, 0) is 6.54 Å². The number of nitrogens with zero attached hydrogens (tertiary/aromatic N) is 3. The van der Waals surface area contributed by atoms with Gasteiger partial charge in [-0.3, -0.25) is 4.99 Å². The highest BCUT2D eigenvalue weighted by molar-refractivity contribution is 7.11. The Bertz CT molecular complexity index is 826. The van der Waals surface area contributed by atoms with Crippen molar-refractivity contribution in [3.8, 4) is 5.75 Å². The zero-order chi connectivity index (χ0) is 20.1. The van der Waals surface area contributed by atoms with E-state index in [4.69, 9.17) is 0 Å². The number of rotatable bonds is 6. The van der Waals surface area contributed by atoms with E-state index >= 15 is 0 Å². The number of benzene rings is 1. The summed E-state index contributed by atoms with van der Waals surface area (Å²) in [6, 6.07) is 7.07. The molecule has 2 N–H and O–H groups in total. The number of para-hydroxylation sites is 2. The zero-order valence-corrected chi connectivity index (χ0v) is 17.0. The van der Waals surface area contributed by atoms with E-state index in [1.807, 2.05) is 26.0 Å². The average Bonchev–Trinajstić information content (AvgIpc) is 3.24. The van der Waals surface area contributed by atoms with Gasteiger partial charge >= 0.3 is 6.61 Å². The third-order valence-corrected chi connectivity index (χ3v) is 5.66. The second-order valence-corrected chi connectivity index (χ2v) is 7.88. The summed E-state index contributed by atoms with van der Waals surface area (Å²) in [6.07, 6.45) is 0.877. The Morgan fingerprint density at radius 1 is 1.39 bits per heavy atom. The van der Waals surface area contributed by atoms with Crippen LogP contribution in [0.5, 0.6) is 5.75 Å². The molecule has 1 aromatic carbocycles. The quantitative estimate of drug-likeness (QED) is 0.566. The van der Waals surface area contributed by atoms with Gasteiger partial charge in [0.05, 0.1) is 22.9 Å². The van der Waals surface area contributed by atoms with E-state index in [1.165, 1.54) is 4.88 Å². The highest BCUT2D eigenvalue weighted by Gasteiger charge is 2.26. The van der Waals surface area contributed by atoms with E-state index in [2.05, 4.69) is 30.2 Å². The number of aliphatic imine (C=N–C) groups is 1. The molecule has 1 aromatic heterocycles. The number of nitrogens with one attached hydrogen (secondary N) is 2. The largest absolute Gasteiger partial charge is 0.433 e. The van der Waals surface area contributed by atoms with E-state index in [1.54, 1.807) is 30.5 Å². The first-order valence-electron chi connectivity index (χ1n) is 9.15. The van der Waals surface area contributed by atoms with Gasteiger partial charge in [0.15, 0.2) is 5.96 Å². The van der Waals surface area contributed by atoms with Crippen LogP contribution in [0.4, 0.5) is 14.5 Å². The van der Waals surface area contributed by atoms with Gasteiger partial charge in [-0.25, -0.2) is 4.98 Å². The minimum absolute atomic E-state index is 0.162. The molecule has 9 heteroatoms. The summed E-state index contributed by atoms with van der Waals surface area (Å²) in [5.41, 5.74) is 1.72. The lowest BCUT2D eigenvalue weighted by atomic mass is 10.2. The fourth-order valence-corrected chi connectivity index (χ4v) is 4.18. The Kier molecular flexibility index (Phi) is 6.66. The van der Waals surface area contributed by atoms with Gasteiger partial charge in [0.1, 0.15) is 5.75 Å². The molecule has 0 amide bonds. The SMILES string of the molecule is CN=C(NCc1sc(C)nc1C)NC1CCN(c2ccccc2OC(F)F)C1. The highest BCUT2D eigenvalue weighted by atomic mass is 32.1. The highest BCUT2D eigenvalue weighted by Crippen LogP contribution is 2.31. The van der Waals surface area contributed by atoms with Gasteiger partial charge in [-0.15, -0.1) is 11.3 Å². The van der Waals surface area contributed by atoms with Crippen LogP contribution in [0.25, 0.3) is 0 Å². The lowest BCUT2D eigenvalue weighted by molar-refractivity contribution is -0.0495. The summed E-state index contributed by atoms with van der Waals surface area (Å²) in [4.78, 5) is 12.0. The summed E-state index contributed by atoms with van der Waals surface area (Å²) >= 11 is 1.67. The van der Waals surface area contributed by atoms with Crippen molar-refractivity contribution in [1.82, 2.24) is 15.6 Å². The molecule has 0 radical (unpaired) electrons. The van der Waals surface area contributed by atoms with Crippen LogP contribution in [0.15, 0.2) is 29.3 Å². The molecule has 2 heterocycles. The molecule has 6 nitrogen and oxygen atoms in total. The van der Waals surface area contributed by atoms with Gasteiger partial charge in [-0.05, 0) is 32.4 Å². The molecule has 2 aromatic rings. The molecular weight excluding hydrogens is 384 g/mol. The fraction of sp³-hybridized carbons (Fsp3) is 0.474. The van der Waals surface area contributed by atoms with Crippen LogP contribution in [0.2, 0.25) is 0 Å². The Hall–Kier alpha value is -2.42. The van der Waals surface area contributed by atoms with Gasteiger partial charge < -0.3 is 20.3 Å². The standard InChI is InChI=1S/C19H25F2N5OS/c1-12-17(28-13(2)24-12)10-23-19(22-3)25-14-8-9-26(11-14)15-6-4-5-7-16(15)27-18(20)21/h4-7,14,18H,8-11H2,1-3H3,(H2,22,23,25). The smallest absolute Gasteiger partial charge is 0.387 e. The molecule has 3 rings (SSSR count). The van der Waals surface area contributed by atoms with Gasteiger partial charge in [-0.1, -0.05) is 12.1 Å². The molecule has 1 saturated heterocycles. The van der Waals surface area contributed by atoms with Crippen LogP contribution >= 0.6 is 11.3 Å². The van der Waals surface area contributed by atoms with Crippen molar-refractivity contribution in [1.29, 1.82) is 0 Å². The Morgan fingerprint density at radius 2 is 2.18 bits per heavy atom. The molecule has 1 aliphatic rings. The summed E-state index contributed by atoms with van der Waals surface area (Å²) in [6.45, 7) is 3.27. The fourth-order valence-electron chi connectivity index (χ4n) is 3.30. The summed E-state index contributed by atoms with van der Waals surface area (Å²) < 4.78 is 30.0. The van der Waals surface area contributed by atoms with Crippen molar-refractivity contribution >= 4 is 23.0 Å². The first-order chi connectivity index (χ1) is 13.5. The number of halogens is 2. The number of hydrogen-bond donors (Lipinski definition) is 2. The van der Waals surface area contributed by atoms with Crippen molar-refractivity contribution in [3.63, 3.8) is 0 Å². The number of hydrogen-bond acceptors (Lipinski definition) is 5. The Morgan fingerprint density at radius 3 is 2.86 bits per heavy atom. The van der Waals surface area contributed by atoms with Gasteiger partial charge in [0.2, 0.25) is 0 Å². The first-order valence-corrected chi connectivity index (χ1v) is 9.96. The maximum absolute atomic E-state index is 12.7. The molecule has 0 bridgehead atoms. The van der Waals surface area contributed by atoms with E-state index in [0.717, 1.165) is 29.6 Å². The van der Waals surface area contributed by atoms with Crippen LogP contribution in [0.3, 0.4) is 0 Å². The van der Waals surface area contributed by atoms with Crippen molar-refractivity contribution < 1.29 is 13.5 Å². The van der Waals surface area contributed by atoms with Crippen molar-refractivity contribution in [2.24, 2.45) is 4.99 Å². The first kappa shape index (κ1) is 20.3.